The van der Waals surface area contributed by atoms with Gasteiger partial charge in [0.25, 0.3) is 0 Å². The number of rotatable bonds is 1. The molecule has 1 N–H and O–H groups in total. The lowest BCUT2D eigenvalue weighted by molar-refractivity contribution is -0.585. The molecule has 1 heterocycles. The fourth-order valence-corrected chi connectivity index (χ4v) is 1.47. The monoisotopic (exact) mass is 189 g/mol. The predicted molar refractivity (Wildman–Crippen MR) is 54.3 cm³/mol. The Labute approximate surface area is 83.0 Å². The van der Waals surface area contributed by atoms with Crippen LogP contribution >= 0.6 is 0 Å². The van der Waals surface area contributed by atoms with E-state index in [0.717, 1.165) is 5.56 Å². The smallest absolute Gasteiger partial charge is 0.238 e. The Balaban J connectivity index is 2.24. The molecule has 1 aromatic rings. The van der Waals surface area contributed by atoms with Crippen LogP contribution in [-0.4, -0.2) is 29.3 Å². The second-order valence-electron chi connectivity index (χ2n) is 3.42. The first kappa shape index (κ1) is 8.94. The molecule has 0 saturated carbocycles. The molecule has 0 aliphatic carbocycles. The van der Waals surface area contributed by atoms with Gasteiger partial charge in [0.2, 0.25) is 18.0 Å². The van der Waals surface area contributed by atoms with Gasteiger partial charge in [-0.1, -0.05) is 18.2 Å². The van der Waals surface area contributed by atoms with Crippen molar-refractivity contribution in [2.75, 3.05) is 6.54 Å². The summed E-state index contributed by atoms with van der Waals surface area (Å²) >= 11 is 0. The SMILES string of the molecule is C[C@H]1C(=O)CN/[N+]1=C/c1ccccc1. The van der Waals surface area contributed by atoms with Gasteiger partial charge in [-0.25, -0.2) is 0 Å². The maximum atomic E-state index is 11.3. The molecule has 0 aromatic heterocycles. The quantitative estimate of drug-likeness (QED) is 0.656. The minimum atomic E-state index is -0.0600. The lowest BCUT2D eigenvalue weighted by Crippen LogP contribution is -2.27. The highest BCUT2D eigenvalue weighted by Gasteiger charge is 2.31. The molecule has 2 rings (SSSR count). The molecule has 0 amide bonds. The molecule has 1 aliphatic rings. The van der Waals surface area contributed by atoms with Gasteiger partial charge in [-0.15, -0.1) is 4.68 Å². The number of hydrazone groups is 1. The van der Waals surface area contributed by atoms with Crippen LogP contribution in [0.15, 0.2) is 30.3 Å². The molecule has 0 bridgehead atoms. The van der Waals surface area contributed by atoms with Crippen molar-refractivity contribution < 1.29 is 9.48 Å². The van der Waals surface area contributed by atoms with Gasteiger partial charge in [0.1, 0.15) is 6.54 Å². The molecule has 1 saturated heterocycles. The Morgan fingerprint density at radius 1 is 1.43 bits per heavy atom. The van der Waals surface area contributed by atoms with Crippen molar-refractivity contribution in [3.63, 3.8) is 0 Å². The summed E-state index contributed by atoms with van der Waals surface area (Å²) in [6, 6.07) is 9.90. The third-order valence-corrected chi connectivity index (χ3v) is 2.41. The van der Waals surface area contributed by atoms with Gasteiger partial charge in [-0.3, -0.25) is 4.79 Å². The van der Waals surface area contributed by atoms with Gasteiger partial charge in [0.15, 0.2) is 0 Å². The number of hydrazine groups is 1. The van der Waals surface area contributed by atoms with Crippen molar-refractivity contribution in [3.8, 4) is 0 Å². The highest BCUT2D eigenvalue weighted by atomic mass is 16.1. The second-order valence-corrected chi connectivity index (χ2v) is 3.42. The van der Waals surface area contributed by atoms with Crippen LogP contribution in [0.25, 0.3) is 0 Å². The van der Waals surface area contributed by atoms with E-state index in [1.807, 2.05) is 48.2 Å². The Hall–Kier alpha value is -1.64. The zero-order chi connectivity index (χ0) is 9.97. The zero-order valence-corrected chi connectivity index (χ0v) is 8.10. The number of ketones is 1. The van der Waals surface area contributed by atoms with Gasteiger partial charge in [-0.05, 0) is 12.1 Å². The molecule has 14 heavy (non-hydrogen) atoms. The van der Waals surface area contributed by atoms with Gasteiger partial charge < -0.3 is 0 Å². The standard InChI is InChI=1S/C11H13N2O/c1-9-11(14)7-12-13(9)8-10-5-3-2-4-6-10/h2-6,8-9,12H,7H2,1H3/q+1/b13-8+/t9-/m0/s1. The molecule has 1 fully saturated rings. The van der Waals surface area contributed by atoms with E-state index in [0.29, 0.717) is 6.54 Å². The van der Waals surface area contributed by atoms with Crippen molar-refractivity contribution in [2.45, 2.75) is 13.0 Å². The number of carbonyl (C=O) groups is 1. The Morgan fingerprint density at radius 3 is 2.71 bits per heavy atom. The van der Waals surface area contributed by atoms with Crippen molar-refractivity contribution in [3.05, 3.63) is 35.9 Å². The summed E-state index contributed by atoms with van der Waals surface area (Å²) in [5.41, 5.74) is 4.13. The van der Waals surface area contributed by atoms with Crippen LogP contribution < -0.4 is 5.43 Å². The predicted octanol–water partition coefficient (Wildman–Crippen LogP) is 0.594. The van der Waals surface area contributed by atoms with Crippen molar-refractivity contribution in [2.24, 2.45) is 0 Å². The molecule has 1 aromatic carbocycles. The van der Waals surface area contributed by atoms with E-state index in [1.165, 1.54) is 0 Å². The van der Waals surface area contributed by atoms with Crippen molar-refractivity contribution >= 4 is 12.0 Å². The molecule has 72 valence electrons. The fraction of sp³-hybridized carbons (Fsp3) is 0.273. The minimum absolute atomic E-state index is 0.0600. The van der Waals surface area contributed by atoms with Crippen LogP contribution in [0.4, 0.5) is 0 Å². The highest BCUT2D eigenvalue weighted by molar-refractivity contribution is 5.87. The molecule has 0 unspecified atom stereocenters. The van der Waals surface area contributed by atoms with E-state index in [2.05, 4.69) is 5.43 Å². The Morgan fingerprint density at radius 2 is 2.14 bits per heavy atom. The van der Waals surface area contributed by atoms with Gasteiger partial charge >= 0.3 is 0 Å². The highest BCUT2D eigenvalue weighted by Crippen LogP contribution is 2.00. The minimum Gasteiger partial charge on any atom is -0.290 e. The third-order valence-electron chi connectivity index (χ3n) is 2.41. The molecule has 3 nitrogen and oxygen atoms in total. The van der Waals surface area contributed by atoms with Crippen LogP contribution in [0.5, 0.6) is 0 Å². The number of hydrogen-bond donors (Lipinski definition) is 1. The number of benzene rings is 1. The molecule has 1 aliphatic heterocycles. The number of carbonyl (C=O) groups excluding carboxylic acids is 1. The van der Waals surface area contributed by atoms with Crippen LogP contribution in [0.2, 0.25) is 0 Å². The lowest BCUT2D eigenvalue weighted by Gasteiger charge is -1.96. The average Bonchev–Trinajstić information content (AvgIpc) is 2.52. The lowest BCUT2D eigenvalue weighted by atomic mass is 10.2. The molecular formula is C11H13N2O+. The van der Waals surface area contributed by atoms with E-state index < -0.39 is 0 Å². The summed E-state index contributed by atoms with van der Waals surface area (Å²) in [4.78, 5) is 11.3. The maximum Gasteiger partial charge on any atom is 0.238 e. The van der Waals surface area contributed by atoms with Gasteiger partial charge in [0.05, 0.1) is 0 Å². The van der Waals surface area contributed by atoms with Crippen LogP contribution in [0.3, 0.4) is 0 Å². The average molecular weight is 189 g/mol. The molecule has 0 spiro atoms. The maximum absolute atomic E-state index is 11.3. The number of nitrogens with one attached hydrogen (secondary N) is 1. The second kappa shape index (κ2) is 3.62. The van der Waals surface area contributed by atoms with Gasteiger partial charge in [-0.2, -0.15) is 5.43 Å². The van der Waals surface area contributed by atoms with Crippen LogP contribution in [-0.2, 0) is 4.79 Å². The molecule has 3 heteroatoms. The largest absolute Gasteiger partial charge is 0.290 e. The van der Waals surface area contributed by atoms with E-state index >= 15 is 0 Å². The Kier molecular flexibility index (Phi) is 2.31. The van der Waals surface area contributed by atoms with Crippen LogP contribution in [0, 0.1) is 0 Å². The summed E-state index contributed by atoms with van der Waals surface area (Å²) in [5.74, 6) is 0.234. The van der Waals surface area contributed by atoms with E-state index in [-0.39, 0.29) is 11.8 Å². The Bertz CT molecular complexity index is 370. The summed E-state index contributed by atoms with van der Waals surface area (Å²) in [6.45, 7) is 2.34. The third kappa shape index (κ3) is 1.66. The normalized spacial score (nSPS) is 23.9. The topological polar surface area (TPSA) is 32.1 Å². The number of hydrogen-bond acceptors (Lipinski definition) is 2. The molecule has 1 atom stereocenters. The zero-order valence-electron chi connectivity index (χ0n) is 8.10. The number of nitrogens with zero attached hydrogens (tertiary/aromatic N) is 1. The summed E-state index contributed by atoms with van der Waals surface area (Å²) in [6.07, 6.45) is 1.95. The van der Waals surface area contributed by atoms with E-state index in [1.54, 1.807) is 0 Å². The summed E-state index contributed by atoms with van der Waals surface area (Å²) in [7, 11) is 0. The summed E-state index contributed by atoms with van der Waals surface area (Å²) < 4.78 is 1.86. The van der Waals surface area contributed by atoms with Gasteiger partial charge in [0, 0.05) is 12.5 Å². The summed E-state index contributed by atoms with van der Waals surface area (Å²) in [5, 5.41) is 0. The first-order valence-electron chi connectivity index (χ1n) is 4.72. The first-order valence-corrected chi connectivity index (χ1v) is 4.72. The number of Topliss-reactive ketones (excluding diaryl/α,β-unsaturated/α-hetero) is 1. The molecular weight excluding hydrogens is 176 g/mol. The van der Waals surface area contributed by atoms with Crippen molar-refractivity contribution in [1.29, 1.82) is 0 Å². The van der Waals surface area contributed by atoms with E-state index in [4.69, 9.17) is 0 Å². The van der Waals surface area contributed by atoms with E-state index in [9.17, 15) is 4.79 Å². The fourth-order valence-electron chi connectivity index (χ4n) is 1.47. The van der Waals surface area contributed by atoms with Crippen molar-refractivity contribution in [1.82, 2.24) is 5.43 Å². The molecule has 0 radical (unpaired) electrons. The first-order chi connectivity index (χ1) is 6.77. The van der Waals surface area contributed by atoms with Crippen LogP contribution in [0.1, 0.15) is 12.5 Å².